The minimum absolute atomic E-state index is 0.757. The second-order valence-electron chi connectivity index (χ2n) is 33.3. The molecule has 0 saturated carbocycles. The van der Waals surface area contributed by atoms with Gasteiger partial charge in [-0.2, -0.15) is 0 Å². The molecule has 0 radical (unpaired) electrons. The van der Waals surface area contributed by atoms with Crippen LogP contribution in [-0.2, 0) is 0 Å². The summed E-state index contributed by atoms with van der Waals surface area (Å²) >= 11 is 0. The monoisotopic (exact) mass is 1590 g/mol. The van der Waals surface area contributed by atoms with Crippen LogP contribution < -0.4 is 0 Å². The lowest BCUT2D eigenvalue weighted by atomic mass is 9.98. The second-order valence-corrected chi connectivity index (χ2v) is 33.3. The first-order valence-electron chi connectivity index (χ1n) is 42.7. The summed E-state index contributed by atoms with van der Waals surface area (Å²) in [6, 6.07) is 149. The Morgan fingerprint density at radius 2 is 0.496 bits per heavy atom. The van der Waals surface area contributed by atoms with Gasteiger partial charge in [-0.15, -0.1) is 0 Å². The molecule has 0 aliphatic heterocycles. The number of nitrogens with zero attached hydrogens (tertiary/aromatic N) is 11. The van der Waals surface area contributed by atoms with Crippen molar-refractivity contribution in [3.8, 4) is 73.5 Å². The summed E-state index contributed by atoms with van der Waals surface area (Å²) in [6.45, 7) is 0. The van der Waals surface area contributed by atoms with Crippen LogP contribution in [0.15, 0.2) is 406 Å². The van der Waals surface area contributed by atoms with E-state index in [1.165, 1.54) is 54.0 Å². The first kappa shape index (κ1) is 67.8. The van der Waals surface area contributed by atoms with Gasteiger partial charge in [-0.25, -0.2) is 19.9 Å². The molecular formula is C114H67N11. The smallest absolute Gasteiger partial charge is 0.221 e. The molecule has 125 heavy (non-hydrogen) atoms. The highest BCUT2D eigenvalue weighted by atomic mass is 15.2. The van der Waals surface area contributed by atoms with Crippen LogP contribution in [0.5, 0.6) is 0 Å². The third-order valence-electron chi connectivity index (χ3n) is 26.6. The van der Waals surface area contributed by atoms with Crippen molar-refractivity contribution >= 4 is 186 Å². The largest absolute Gasteiger partial charge is 0.309 e. The van der Waals surface area contributed by atoms with E-state index in [-0.39, 0.29) is 0 Å². The third kappa shape index (κ3) is 9.79. The zero-order valence-electron chi connectivity index (χ0n) is 67.1. The van der Waals surface area contributed by atoms with Crippen LogP contribution in [0, 0.1) is 0 Å². The fourth-order valence-electron chi connectivity index (χ4n) is 21.1. The molecule has 19 aromatic carbocycles. The minimum atomic E-state index is 0.757. The van der Waals surface area contributed by atoms with Crippen LogP contribution in [0.2, 0.25) is 0 Å². The van der Waals surface area contributed by atoms with E-state index >= 15 is 0 Å². The quantitative estimate of drug-likeness (QED) is 0.144. The highest BCUT2D eigenvalue weighted by Gasteiger charge is 2.28. The van der Waals surface area contributed by atoms with Gasteiger partial charge >= 0.3 is 0 Å². The standard InChI is InChI=1S/C114H67N11/c1-2-22-68(23-3-1)69-42-51-78(52-43-69)119-101-55-48-73(62-89(101)87-53-44-76(66-108(87)119)74-49-56-102-91(64-74)109-81-26-6-4-24-70(81)46-58-106(109)122(102)113-117-93-33-13-8-32-88(93)111-115-95-34-14-20-40-104(95)124(111)113)72-45-54-94-90(63-72)112-116-96-35-15-21-41-105(96)125(112)114(118-94)123-103-57-50-75(65-92(103)110-82-27-7-5-25-71(82)47-59-107(110)123)77-60-79(120-97-36-16-9-28-83(97)84-29-10-17-37-98(84)120)67-80(61-77)121-99-38-18-11-30-85(99)86-31-12-19-39-100(86)121/h1-67H. The number of fused-ring (bicyclic) bond motifs is 29. The normalized spacial score (nSPS) is 12.3. The van der Waals surface area contributed by atoms with Crippen molar-refractivity contribution in [1.29, 1.82) is 0 Å². The Bertz CT molecular complexity index is 9340. The van der Waals surface area contributed by atoms with Crippen molar-refractivity contribution in [2.75, 3.05) is 0 Å². The molecule has 9 aromatic heterocycles. The zero-order valence-corrected chi connectivity index (χ0v) is 67.1. The fraction of sp³-hybridized carbons (Fsp3) is 0. The Hall–Kier alpha value is -17.0. The molecule has 28 rings (SSSR count). The van der Waals surface area contributed by atoms with E-state index in [0.29, 0.717) is 0 Å². The Balaban J connectivity index is 0.615. The Morgan fingerprint density at radius 3 is 1.02 bits per heavy atom. The summed E-state index contributed by atoms with van der Waals surface area (Å²) < 4.78 is 16.7. The topological polar surface area (TPSA) is 85.0 Å². The molecule has 0 bridgehead atoms. The van der Waals surface area contributed by atoms with Crippen LogP contribution in [0.1, 0.15) is 0 Å². The number of hydrogen-bond donors (Lipinski definition) is 0. The van der Waals surface area contributed by atoms with Crippen molar-refractivity contribution in [2.24, 2.45) is 0 Å². The predicted molar refractivity (Wildman–Crippen MR) is 518 cm³/mol. The first-order chi connectivity index (χ1) is 62.0. The van der Waals surface area contributed by atoms with Gasteiger partial charge in [0.2, 0.25) is 11.9 Å². The molecule has 0 atom stereocenters. The Morgan fingerprint density at radius 1 is 0.152 bits per heavy atom. The molecule has 0 spiro atoms. The summed E-state index contributed by atoms with van der Waals surface area (Å²) in [5, 5.41) is 18.4. The molecule has 0 aliphatic rings. The van der Waals surface area contributed by atoms with E-state index in [0.717, 1.165) is 205 Å². The second kappa shape index (κ2) is 25.8. The Labute approximate surface area is 712 Å². The van der Waals surface area contributed by atoms with E-state index in [4.69, 9.17) is 19.9 Å². The van der Waals surface area contributed by atoms with E-state index in [2.05, 4.69) is 438 Å². The summed E-state index contributed by atoms with van der Waals surface area (Å²) in [7, 11) is 0. The van der Waals surface area contributed by atoms with Gasteiger partial charge in [0, 0.05) is 81.7 Å². The lowest BCUT2D eigenvalue weighted by Crippen LogP contribution is -2.06. The number of hydrogen-bond acceptors (Lipinski definition) is 4. The van der Waals surface area contributed by atoms with Crippen LogP contribution in [0.4, 0.5) is 0 Å². The van der Waals surface area contributed by atoms with Crippen LogP contribution in [0.25, 0.3) is 259 Å². The van der Waals surface area contributed by atoms with Crippen molar-refractivity contribution in [2.45, 2.75) is 0 Å². The molecule has 0 aliphatic carbocycles. The van der Waals surface area contributed by atoms with Gasteiger partial charge in [-0.05, 0) is 224 Å². The number of rotatable bonds is 9. The van der Waals surface area contributed by atoms with Crippen molar-refractivity contribution in [1.82, 2.24) is 51.6 Å². The van der Waals surface area contributed by atoms with E-state index in [1.54, 1.807) is 0 Å². The van der Waals surface area contributed by atoms with E-state index in [9.17, 15) is 0 Å². The molecule has 0 unspecified atom stereocenters. The summed E-state index contributed by atoms with van der Waals surface area (Å²) in [6.07, 6.45) is 0. The molecule has 0 amide bonds. The molecule has 0 saturated heterocycles. The third-order valence-corrected chi connectivity index (χ3v) is 26.6. The van der Waals surface area contributed by atoms with Crippen molar-refractivity contribution in [3.05, 3.63) is 406 Å². The highest BCUT2D eigenvalue weighted by Crippen LogP contribution is 2.47. The van der Waals surface area contributed by atoms with Gasteiger partial charge in [0.25, 0.3) is 0 Å². The Kier molecular flexibility index (Phi) is 14.0. The van der Waals surface area contributed by atoms with Gasteiger partial charge in [-0.1, -0.05) is 249 Å². The molecule has 9 heterocycles. The number of aromatic nitrogens is 11. The van der Waals surface area contributed by atoms with Gasteiger partial charge in [0.15, 0.2) is 0 Å². The van der Waals surface area contributed by atoms with Crippen molar-refractivity contribution < 1.29 is 0 Å². The number of imidazole rings is 2. The lowest BCUT2D eigenvalue weighted by Gasteiger charge is -2.16. The lowest BCUT2D eigenvalue weighted by molar-refractivity contribution is 0.979. The first-order valence-corrected chi connectivity index (χ1v) is 42.7. The molecule has 0 N–H and O–H groups in total. The van der Waals surface area contributed by atoms with Crippen LogP contribution >= 0.6 is 0 Å². The van der Waals surface area contributed by atoms with Gasteiger partial charge in [0.05, 0.1) is 88.3 Å². The zero-order chi connectivity index (χ0) is 81.4. The van der Waals surface area contributed by atoms with E-state index in [1.807, 2.05) is 0 Å². The highest BCUT2D eigenvalue weighted by molar-refractivity contribution is 6.24. The van der Waals surface area contributed by atoms with Gasteiger partial charge in [0.1, 0.15) is 11.3 Å². The maximum Gasteiger partial charge on any atom is 0.221 e. The maximum absolute atomic E-state index is 5.89. The average Bonchev–Trinajstić information content (AvgIpc) is 1.58. The fourth-order valence-corrected chi connectivity index (χ4v) is 21.1. The summed E-state index contributed by atoms with van der Waals surface area (Å²) in [5.74, 6) is 1.55. The minimum Gasteiger partial charge on any atom is -0.309 e. The molecular weight excluding hydrogens is 1520 g/mol. The number of para-hydroxylation sites is 9. The molecule has 578 valence electrons. The maximum atomic E-state index is 5.89. The van der Waals surface area contributed by atoms with Crippen molar-refractivity contribution in [3.63, 3.8) is 0 Å². The molecule has 0 fully saturated rings. The summed E-state index contributed by atoms with van der Waals surface area (Å²) in [5.41, 5.74) is 30.4. The molecule has 11 nitrogen and oxygen atoms in total. The van der Waals surface area contributed by atoms with Gasteiger partial charge < -0.3 is 13.7 Å². The van der Waals surface area contributed by atoms with Crippen LogP contribution in [-0.4, -0.2) is 51.6 Å². The molecule has 11 heteroatoms. The van der Waals surface area contributed by atoms with Crippen LogP contribution in [0.3, 0.4) is 0 Å². The van der Waals surface area contributed by atoms with E-state index < -0.39 is 0 Å². The predicted octanol–water partition coefficient (Wildman–Crippen LogP) is 28.8. The summed E-state index contributed by atoms with van der Waals surface area (Å²) in [4.78, 5) is 22.3. The SMILES string of the molecule is c1ccc(-c2ccc(-n3c4ccc(-c5ccc6nc(-n7c8ccc(-c9cc(-n%10c%11ccccc%11c%11ccccc%11%10)cc(-n%10c%11ccccc%11c%11ccccc%11%10)c9)cc8c8c9ccccc9ccc87)n7c8ccccc8nc7c6c5)cc4c4ccc(-c5ccc6c(c5)c5c7ccccc7ccc5n6-c5nc6ccccc6c6nc7ccccc7n56)cc43)cc2)cc1. The molecule has 28 aromatic rings. The average molecular weight is 1590 g/mol. The number of benzene rings is 19. The van der Waals surface area contributed by atoms with Gasteiger partial charge in [-0.3, -0.25) is 17.9 Å².